The monoisotopic (exact) mass is 854 g/mol. The number of esters is 1. The van der Waals surface area contributed by atoms with Crippen LogP contribution < -0.4 is 5.32 Å². The second kappa shape index (κ2) is 50.2. The lowest BCUT2D eigenvalue weighted by molar-refractivity contribution is -0.143. The highest BCUT2D eigenvalue weighted by Crippen LogP contribution is 2.15. The van der Waals surface area contributed by atoms with Crippen LogP contribution in [0.1, 0.15) is 251 Å². The molecule has 0 saturated carbocycles. The van der Waals surface area contributed by atoms with Gasteiger partial charge in [0.15, 0.2) is 0 Å². The summed E-state index contributed by atoms with van der Waals surface area (Å²) in [5.74, 6) is -0.129. The van der Waals surface area contributed by atoms with Crippen LogP contribution >= 0.6 is 0 Å². The number of nitrogens with one attached hydrogen (secondary N) is 1. The Bertz CT molecular complexity index is 1080. The van der Waals surface area contributed by atoms with E-state index in [2.05, 4.69) is 67.8 Å². The molecule has 0 rings (SSSR count). The van der Waals surface area contributed by atoms with Crippen molar-refractivity contribution in [2.45, 2.75) is 264 Å². The zero-order valence-corrected chi connectivity index (χ0v) is 40.1. The van der Waals surface area contributed by atoms with Crippen LogP contribution in [0.4, 0.5) is 0 Å². The average molecular weight is 854 g/mol. The molecule has 0 aromatic carbocycles. The first-order valence-electron chi connectivity index (χ1n) is 26.1. The minimum atomic E-state index is -0.847. The van der Waals surface area contributed by atoms with Gasteiger partial charge in [-0.2, -0.15) is 0 Å². The third-order valence-electron chi connectivity index (χ3n) is 11.5. The number of aliphatic hydroxyl groups is 2. The fourth-order valence-electron chi connectivity index (χ4n) is 7.51. The van der Waals surface area contributed by atoms with E-state index in [4.69, 9.17) is 4.74 Å². The van der Waals surface area contributed by atoms with Crippen LogP contribution in [-0.2, 0) is 14.3 Å². The molecule has 2 unspecified atom stereocenters. The average Bonchev–Trinajstić information content (AvgIpc) is 3.26. The summed E-state index contributed by atoms with van der Waals surface area (Å²) in [5, 5.41) is 22.9. The van der Waals surface area contributed by atoms with E-state index in [9.17, 15) is 19.8 Å². The number of allylic oxidation sites excluding steroid dienone is 8. The summed E-state index contributed by atoms with van der Waals surface area (Å²) in [5.41, 5.74) is 0. The third-order valence-corrected chi connectivity index (χ3v) is 11.5. The number of rotatable bonds is 47. The van der Waals surface area contributed by atoms with Crippen molar-refractivity contribution in [3.63, 3.8) is 0 Å². The van der Waals surface area contributed by atoms with Gasteiger partial charge in [-0.15, -0.1) is 0 Å². The molecule has 0 aliphatic rings. The van der Waals surface area contributed by atoms with Crippen LogP contribution in [-0.4, -0.2) is 47.4 Å². The van der Waals surface area contributed by atoms with Gasteiger partial charge in [-0.3, -0.25) is 9.59 Å². The minimum absolute atomic E-state index is 0.0526. The van der Waals surface area contributed by atoms with Crippen molar-refractivity contribution in [1.82, 2.24) is 5.32 Å². The van der Waals surface area contributed by atoms with Crippen LogP contribution in [0.2, 0.25) is 0 Å². The smallest absolute Gasteiger partial charge is 0.305 e. The van der Waals surface area contributed by atoms with Crippen LogP contribution in [0.25, 0.3) is 0 Å². The molecule has 0 aliphatic carbocycles. The lowest BCUT2D eigenvalue weighted by atomic mass is 10.0. The normalized spacial score (nSPS) is 13.2. The topological polar surface area (TPSA) is 95.9 Å². The first-order valence-corrected chi connectivity index (χ1v) is 26.1. The molecule has 354 valence electrons. The molecule has 6 nitrogen and oxygen atoms in total. The van der Waals surface area contributed by atoms with Crippen molar-refractivity contribution < 1.29 is 24.5 Å². The van der Waals surface area contributed by atoms with Crippen LogP contribution in [0.5, 0.6) is 0 Å². The van der Waals surface area contributed by atoms with Crippen molar-refractivity contribution in [1.29, 1.82) is 0 Å². The van der Waals surface area contributed by atoms with E-state index in [1.54, 1.807) is 6.08 Å². The summed E-state index contributed by atoms with van der Waals surface area (Å²) < 4.78 is 5.39. The number of amides is 1. The van der Waals surface area contributed by atoms with E-state index < -0.39 is 12.1 Å². The highest BCUT2D eigenvalue weighted by atomic mass is 16.5. The number of aliphatic hydroxyl groups excluding tert-OH is 2. The molecule has 0 fully saturated rings. The number of carbonyl (C=O) groups excluding carboxylic acids is 2. The molecular weight excluding hydrogens is 755 g/mol. The fourth-order valence-corrected chi connectivity index (χ4v) is 7.51. The number of carbonyl (C=O) groups is 2. The molecule has 0 bridgehead atoms. The predicted molar refractivity (Wildman–Crippen MR) is 264 cm³/mol. The maximum absolute atomic E-state index is 12.4. The summed E-state index contributed by atoms with van der Waals surface area (Å²) >= 11 is 0. The summed E-state index contributed by atoms with van der Waals surface area (Å²) in [6.45, 7) is 4.69. The van der Waals surface area contributed by atoms with Crippen molar-refractivity contribution in [2.24, 2.45) is 0 Å². The summed E-state index contributed by atoms with van der Waals surface area (Å²) in [6.07, 6.45) is 63.9. The van der Waals surface area contributed by atoms with Gasteiger partial charge < -0.3 is 20.3 Å². The quantitative estimate of drug-likeness (QED) is 0.0322. The van der Waals surface area contributed by atoms with E-state index in [0.29, 0.717) is 19.4 Å². The molecular formula is C55H99NO5. The molecule has 6 heteroatoms. The lowest BCUT2D eigenvalue weighted by Crippen LogP contribution is -2.45. The second-order valence-corrected chi connectivity index (χ2v) is 17.5. The first-order chi connectivity index (χ1) is 30.0. The van der Waals surface area contributed by atoms with Gasteiger partial charge in [-0.1, -0.05) is 222 Å². The zero-order valence-electron chi connectivity index (χ0n) is 40.1. The largest absolute Gasteiger partial charge is 0.465 e. The van der Waals surface area contributed by atoms with Crippen LogP contribution in [0.3, 0.4) is 0 Å². The van der Waals surface area contributed by atoms with Gasteiger partial charge in [0.05, 0.1) is 25.4 Å². The first kappa shape index (κ1) is 58.6. The number of unbranched alkanes of at least 4 members (excludes halogenated alkanes) is 28. The SMILES string of the molecule is CCC/C=C\C/C=C\CCCCCCCC(=O)OCC/C=C\C/C=C\CCCCCCCCCCCCCCCCC(=O)NC(CO)C(O)/C=C/CCCCCCCCCC. The van der Waals surface area contributed by atoms with Crippen molar-refractivity contribution in [3.8, 4) is 0 Å². The Hall–Kier alpha value is -2.44. The van der Waals surface area contributed by atoms with Crippen molar-refractivity contribution in [3.05, 3.63) is 60.8 Å². The number of hydrogen-bond acceptors (Lipinski definition) is 5. The molecule has 0 radical (unpaired) electrons. The maximum atomic E-state index is 12.4. The molecule has 0 aromatic rings. The van der Waals surface area contributed by atoms with Crippen LogP contribution in [0, 0.1) is 0 Å². The van der Waals surface area contributed by atoms with Gasteiger partial charge in [0, 0.05) is 12.8 Å². The Morgan fingerprint density at radius 3 is 1.31 bits per heavy atom. The summed E-state index contributed by atoms with van der Waals surface area (Å²) in [6, 6.07) is -0.631. The van der Waals surface area contributed by atoms with Gasteiger partial charge in [0.25, 0.3) is 0 Å². The molecule has 0 spiro atoms. The molecule has 2 atom stereocenters. The van der Waals surface area contributed by atoms with Gasteiger partial charge in [0.1, 0.15) is 0 Å². The molecule has 3 N–H and O–H groups in total. The van der Waals surface area contributed by atoms with Gasteiger partial charge >= 0.3 is 5.97 Å². The van der Waals surface area contributed by atoms with E-state index in [0.717, 1.165) is 64.2 Å². The number of hydrogen-bond donors (Lipinski definition) is 3. The Morgan fingerprint density at radius 1 is 0.459 bits per heavy atom. The highest BCUT2D eigenvalue weighted by Gasteiger charge is 2.18. The van der Waals surface area contributed by atoms with Gasteiger partial charge in [-0.25, -0.2) is 0 Å². The summed E-state index contributed by atoms with van der Waals surface area (Å²) in [4.78, 5) is 24.3. The highest BCUT2D eigenvalue weighted by molar-refractivity contribution is 5.76. The van der Waals surface area contributed by atoms with E-state index in [1.807, 2.05) is 6.08 Å². The molecule has 0 heterocycles. The lowest BCUT2D eigenvalue weighted by Gasteiger charge is -2.20. The molecule has 1 amide bonds. The van der Waals surface area contributed by atoms with Crippen molar-refractivity contribution >= 4 is 11.9 Å². The Kier molecular flexibility index (Phi) is 48.2. The van der Waals surface area contributed by atoms with E-state index >= 15 is 0 Å². The fraction of sp³-hybridized carbons (Fsp3) is 0.782. The Morgan fingerprint density at radius 2 is 0.852 bits per heavy atom. The standard InChI is InChI=1S/C55H99NO5/c1-3-5-7-9-11-13-15-25-29-33-37-41-45-49-55(60)61-50-46-42-38-34-30-27-24-22-20-18-16-17-19-21-23-26-28-32-36-40-44-48-54(59)56-52(51-57)53(58)47-43-39-35-31-14-12-10-8-6-4-2/h7,9,13,15,27,30,38,42-43,47,52-53,57-58H,3-6,8,10-12,14,16-26,28-29,31-37,39-41,44-46,48-51H2,1-2H3,(H,56,59)/b9-7-,15-13-,30-27-,42-38-,47-43+. The molecule has 0 aliphatic heterocycles. The Balaban J connectivity index is 3.48. The van der Waals surface area contributed by atoms with Gasteiger partial charge in [-0.05, 0) is 77.0 Å². The van der Waals surface area contributed by atoms with Crippen LogP contribution in [0.15, 0.2) is 60.8 Å². The zero-order chi connectivity index (χ0) is 44.4. The summed E-state index contributed by atoms with van der Waals surface area (Å²) in [7, 11) is 0. The second-order valence-electron chi connectivity index (χ2n) is 17.5. The Labute approximate surface area is 378 Å². The third kappa shape index (κ3) is 46.9. The molecule has 61 heavy (non-hydrogen) atoms. The van der Waals surface area contributed by atoms with Crippen molar-refractivity contribution in [2.75, 3.05) is 13.2 Å². The predicted octanol–water partition coefficient (Wildman–Crippen LogP) is 15.6. The van der Waals surface area contributed by atoms with Gasteiger partial charge in [0.2, 0.25) is 5.91 Å². The minimum Gasteiger partial charge on any atom is -0.465 e. The number of ether oxygens (including phenoxy) is 1. The van der Waals surface area contributed by atoms with E-state index in [-0.39, 0.29) is 18.5 Å². The maximum Gasteiger partial charge on any atom is 0.305 e. The van der Waals surface area contributed by atoms with E-state index in [1.165, 1.54) is 161 Å². The molecule has 0 saturated heterocycles. The molecule has 0 aromatic heterocycles.